The molecule has 0 aliphatic rings. The minimum absolute atomic E-state index is 0.104. The van der Waals surface area contributed by atoms with Gasteiger partial charge in [-0.1, -0.05) is 0 Å². The third kappa shape index (κ3) is 3.72. The van der Waals surface area contributed by atoms with Gasteiger partial charge in [-0.15, -0.1) is 11.3 Å². The number of aryl methyl sites for hydroxylation is 1. The lowest BCUT2D eigenvalue weighted by molar-refractivity contribution is 0.102. The molecule has 0 fully saturated rings. The Kier molecular flexibility index (Phi) is 4.50. The molecule has 0 spiro atoms. The topological polar surface area (TPSA) is 85.4 Å². The summed E-state index contributed by atoms with van der Waals surface area (Å²) in [5.41, 5.74) is 0.550. The molecule has 1 amide bonds. The minimum Gasteiger partial charge on any atom is -0.495 e. The maximum absolute atomic E-state index is 12.0. The van der Waals surface area contributed by atoms with Crippen LogP contribution in [-0.4, -0.2) is 26.4 Å². The van der Waals surface area contributed by atoms with Crippen molar-refractivity contribution in [2.45, 2.75) is 11.8 Å². The van der Waals surface area contributed by atoms with Gasteiger partial charge in [0.15, 0.2) is 0 Å². The van der Waals surface area contributed by atoms with Crippen molar-refractivity contribution in [3.05, 3.63) is 34.3 Å². The highest BCUT2D eigenvalue weighted by Gasteiger charge is 2.18. The van der Waals surface area contributed by atoms with Gasteiger partial charge >= 0.3 is 0 Å². The molecule has 0 aliphatic heterocycles. The van der Waals surface area contributed by atoms with Gasteiger partial charge in [0.1, 0.15) is 16.3 Å². The largest absolute Gasteiger partial charge is 0.495 e. The van der Waals surface area contributed by atoms with Crippen molar-refractivity contribution in [1.82, 2.24) is 4.98 Å². The molecule has 1 aromatic carbocycles. The third-order valence-corrected chi connectivity index (χ3v) is 4.65. The number of ether oxygens (including phenoxy) is 1. The summed E-state index contributed by atoms with van der Waals surface area (Å²) in [7, 11) is 2.69. The average Bonchev–Trinajstić information content (AvgIpc) is 2.84. The van der Waals surface area contributed by atoms with Crippen LogP contribution < -0.4 is 10.1 Å². The first-order chi connectivity index (χ1) is 9.81. The first kappa shape index (κ1) is 15.7. The van der Waals surface area contributed by atoms with Gasteiger partial charge in [0.25, 0.3) is 15.0 Å². The molecule has 112 valence electrons. The molecule has 0 radical (unpaired) electrons. The van der Waals surface area contributed by atoms with Crippen molar-refractivity contribution in [2.75, 3.05) is 12.4 Å². The molecular formula is C12H11ClN2O4S2. The number of carbonyl (C=O) groups excluding carboxylic acids is 1. The second-order valence-electron chi connectivity index (χ2n) is 4.01. The molecule has 1 aromatic heterocycles. The van der Waals surface area contributed by atoms with Crippen LogP contribution in [0, 0.1) is 6.92 Å². The fourth-order valence-corrected chi connectivity index (χ4v) is 3.22. The smallest absolute Gasteiger partial charge is 0.275 e. The lowest BCUT2D eigenvalue weighted by Gasteiger charge is -2.09. The molecule has 2 aromatic rings. The van der Waals surface area contributed by atoms with Crippen LogP contribution >= 0.6 is 22.0 Å². The number of aromatic nitrogens is 1. The highest BCUT2D eigenvalue weighted by Crippen LogP contribution is 2.29. The van der Waals surface area contributed by atoms with Gasteiger partial charge in [-0.25, -0.2) is 13.4 Å². The molecule has 9 heteroatoms. The van der Waals surface area contributed by atoms with Crippen molar-refractivity contribution in [3.8, 4) is 5.75 Å². The average molecular weight is 347 g/mol. The number of hydrogen-bond donors (Lipinski definition) is 1. The lowest BCUT2D eigenvalue weighted by atomic mass is 10.3. The van der Waals surface area contributed by atoms with E-state index in [1.54, 1.807) is 12.3 Å². The zero-order valence-electron chi connectivity index (χ0n) is 11.1. The Morgan fingerprint density at radius 2 is 2.14 bits per heavy atom. The van der Waals surface area contributed by atoms with Crippen molar-refractivity contribution in [1.29, 1.82) is 0 Å². The summed E-state index contributed by atoms with van der Waals surface area (Å²) < 4.78 is 27.9. The van der Waals surface area contributed by atoms with E-state index in [1.165, 1.54) is 36.6 Å². The highest BCUT2D eigenvalue weighted by molar-refractivity contribution is 8.13. The van der Waals surface area contributed by atoms with E-state index in [9.17, 15) is 13.2 Å². The standard InChI is InChI=1S/C12H11ClN2O4S2/c1-7-14-9(6-20-7)12(16)15-8-3-4-10(19-2)11(5-8)21(13,17)18/h3-6H,1-2H3,(H,15,16). The van der Waals surface area contributed by atoms with Gasteiger partial charge in [-0.05, 0) is 25.1 Å². The zero-order chi connectivity index (χ0) is 15.6. The summed E-state index contributed by atoms with van der Waals surface area (Å²) in [6.45, 7) is 1.78. The number of amides is 1. The number of thiazole rings is 1. The summed E-state index contributed by atoms with van der Waals surface area (Å²) >= 11 is 1.35. The molecule has 0 atom stereocenters. The molecule has 1 N–H and O–H groups in total. The molecule has 2 rings (SSSR count). The molecule has 21 heavy (non-hydrogen) atoms. The van der Waals surface area contributed by atoms with E-state index < -0.39 is 15.0 Å². The SMILES string of the molecule is COc1ccc(NC(=O)c2csc(C)n2)cc1S(=O)(=O)Cl. The summed E-state index contributed by atoms with van der Waals surface area (Å²) in [6, 6.07) is 4.16. The Morgan fingerprint density at radius 3 is 2.67 bits per heavy atom. The molecule has 1 heterocycles. The van der Waals surface area contributed by atoms with E-state index in [-0.39, 0.29) is 22.0 Å². The highest BCUT2D eigenvalue weighted by atomic mass is 35.7. The Balaban J connectivity index is 2.31. The minimum atomic E-state index is -3.98. The first-order valence-electron chi connectivity index (χ1n) is 5.67. The fraction of sp³-hybridized carbons (Fsp3) is 0.167. The second-order valence-corrected chi connectivity index (χ2v) is 7.61. The Hall–Kier alpha value is -1.64. The predicted octanol–water partition coefficient (Wildman–Crippen LogP) is 2.64. The van der Waals surface area contributed by atoms with Crippen LogP contribution in [0.1, 0.15) is 15.5 Å². The van der Waals surface area contributed by atoms with Gasteiger partial charge in [-0.3, -0.25) is 4.79 Å². The number of nitrogens with one attached hydrogen (secondary N) is 1. The maximum atomic E-state index is 12.0. The lowest BCUT2D eigenvalue weighted by Crippen LogP contribution is -2.12. The maximum Gasteiger partial charge on any atom is 0.275 e. The number of halogens is 1. The van der Waals surface area contributed by atoms with Crippen LogP contribution in [0.5, 0.6) is 5.75 Å². The van der Waals surface area contributed by atoms with Crippen LogP contribution in [-0.2, 0) is 9.05 Å². The van der Waals surface area contributed by atoms with E-state index in [1.807, 2.05) is 0 Å². The molecule has 0 saturated heterocycles. The Bertz CT molecular complexity index is 786. The van der Waals surface area contributed by atoms with E-state index >= 15 is 0 Å². The van der Waals surface area contributed by atoms with Gasteiger partial charge in [0, 0.05) is 21.7 Å². The van der Waals surface area contributed by atoms with E-state index in [0.29, 0.717) is 0 Å². The molecule has 0 aliphatic carbocycles. The van der Waals surface area contributed by atoms with Gasteiger partial charge in [0.2, 0.25) is 0 Å². The molecular weight excluding hydrogens is 336 g/mol. The number of methoxy groups -OCH3 is 1. The van der Waals surface area contributed by atoms with Crippen LogP contribution in [0.15, 0.2) is 28.5 Å². The molecule has 0 saturated carbocycles. The zero-order valence-corrected chi connectivity index (χ0v) is 13.5. The van der Waals surface area contributed by atoms with Crippen LogP contribution in [0.2, 0.25) is 0 Å². The summed E-state index contributed by atoms with van der Waals surface area (Å²) in [5.74, 6) is -0.324. The fourth-order valence-electron chi connectivity index (χ4n) is 1.61. The number of anilines is 1. The quantitative estimate of drug-likeness (QED) is 0.860. The van der Waals surface area contributed by atoms with Gasteiger partial charge in [-0.2, -0.15) is 0 Å². The normalized spacial score (nSPS) is 11.2. The molecule has 0 bridgehead atoms. The van der Waals surface area contributed by atoms with Crippen molar-refractivity contribution in [3.63, 3.8) is 0 Å². The van der Waals surface area contributed by atoms with Crippen LogP contribution in [0.4, 0.5) is 5.69 Å². The van der Waals surface area contributed by atoms with Crippen LogP contribution in [0.3, 0.4) is 0 Å². The second kappa shape index (κ2) is 6.00. The molecule has 6 nitrogen and oxygen atoms in total. The van der Waals surface area contributed by atoms with Gasteiger partial charge < -0.3 is 10.1 Å². The van der Waals surface area contributed by atoms with Crippen molar-refractivity contribution >= 4 is 42.7 Å². The monoisotopic (exact) mass is 346 g/mol. The predicted molar refractivity (Wildman–Crippen MR) is 80.8 cm³/mol. The molecule has 0 unspecified atom stereocenters. The van der Waals surface area contributed by atoms with E-state index in [2.05, 4.69) is 10.3 Å². The number of rotatable bonds is 4. The number of carbonyl (C=O) groups is 1. The van der Waals surface area contributed by atoms with E-state index in [4.69, 9.17) is 15.4 Å². The number of benzene rings is 1. The van der Waals surface area contributed by atoms with Crippen molar-refractivity contribution in [2.24, 2.45) is 0 Å². The number of hydrogen-bond acceptors (Lipinski definition) is 6. The van der Waals surface area contributed by atoms with Crippen LogP contribution in [0.25, 0.3) is 0 Å². The number of nitrogens with zero attached hydrogens (tertiary/aromatic N) is 1. The van der Waals surface area contributed by atoms with E-state index in [0.717, 1.165) is 5.01 Å². The van der Waals surface area contributed by atoms with Gasteiger partial charge in [0.05, 0.1) is 12.1 Å². The Labute approximate surface area is 130 Å². The first-order valence-corrected chi connectivity index (χ1v) is 8.86. The summed E-state index contributed by atoms with van der Waals surface area (Å²) in [4.78, 5) is 15.8. The summed E-state index contributed by atoms with van der Waals surface area (Å²) in [6.07, 6.45) is 0. The van der Waals surface area contributed by atoms with Crippen molar-refractivity contribution < 1.29 is 17.9 Å². The summed E-state index contributed by atoms with van der Waals surface area (Å²) in [5, 5.41) is 4.94. The third-order valence-electron chi connectivity index (χ3n) is 2.54. The Morgan fingerprint density at radius 1 is 1.43 bits per heavy atom.